The number of fused-ring (bicyclic) bond motifs is 2. The van der Waals surface area contributed by atoms with Crippen LogP contribution in [0.3, 0.4) is 0 Å². The number of nitrogens with zero attached hydrogens (tertiary/aromatic N) is 3. The number of likely N-dealkylation sites (tertiary alicyclic amines) is 1. The highest BCUT2D eigenvalue weighted by molar-refractivity contribution is 6.30. The lowest BCUT2D eigenvalue weighted by Crippen LogP contribution is -2.60. The molecule has 38 heavy (non-hydrogen) atoms. The monoisotopic (exact) mass is 541 g/mol. The Bertz CT molecular complexity index is 1190. The molecule has 1 unspecified atom stereocenters. The molecule has 0 aromatic heterocycles. The minimum atomic E-state index is -1.35. The Labute approximate surface area is 228 Å². The van der Waals surface area contributed by atoms with Crippen molar-refractivity contribution in [3.63, 3.8) is 0 Å². The third kappa shape index (κ3) is 3.75. The molecule has 2 fully saturated rings. The molecule has 7 atom stereocenters. The first-order chi connectivity index (χ1) is 18.2. The maximum absolute atomic E-state index is 14.5. The molecule has 1 aromatic rings. The second kappa shape index (κ2) is 9.81. The minimum Gasteiger partial charge on any atom is -0.394 e. The van der Waals surface area contributed by atoms with Crippen molar-refractivity contribution in [2.75, 3.05) is 31.6 Å². The van der Waals surface area contributed by atoms with Crippen LogP contribution in [-0.2, 0) is 19.1 Å². The largest absolute Gasteiger partial charge is 0.394 e. The predicted octanol–water partition coefficient (Wildman–Crippen LogP) is 3.04. The van der Waals surface area contributed by atoms with Gasteiger partial charge in [0.25, 0.3) is 5.91 Å². The van der Waals surface area contributed by atoms with Gasteiger partial charge in [0.2, 0.25) is 11.8 Å². The van der Waals surface area contributed by atoms with E-state index >= 15 is 0 Å². The van der Waals surface area contributed by atoms with E-state index in [9.17, 15) is 19.5 Å². The molecule has 4 aliphatic heterocycles. The van der Waals surface area contributed by atoms with Crippen LogP contribution in [0.5, 0.6) is 0 Å². The Hall–Kier alpha value is -2.68. The van der Waals surface area contributed by atoms with Gasteiger partial charge in [0.05, 0.1) is 30.1 Å². The summed E-state index contributed by atoms with van der Waals surface area (Å²) >= 11 is 6.11. The summed E-state index contributed by atoms with van der Waals surface area (Å²) in [5.74, 6) is -2.55. The number of hydrogen-bond acceptors (Lipinski definition) is 5. The smallest absolute Gasteiger partial charge is 0.253 e. The summed E-state index contributed by atoms with van der Waals surface area (Å²) < 4.78 is 6.94. The number of anilines is 1. The van der Waals surface area contributed by atoms with Gasteiger partial charge in [-0.15, -0.1) is 0 Å². The Morgan fingerprint density at radius 1 is 1.03 bits per heavy atom. The van der Waals surface area contributed by atoms with Crippen molar-refractivity contribution in [2.45, 2.75) is 56.9 Å². The molecule has 5 rings (SSSR count). The number of ether oxygens (including phenoxy) is 1. The SMILES string of the molecule is CC[C@H](C)[C@H](CO)N1C(=O)[C@@H]2[C@@H]3C(=O)N(C)CC=C[C@]3(CC)O[C@@]23C=CCN(c2ccc(Cl)cc2)C(=O)C13. The van der Waals surface area contributed by atoms with E-state index in [-0.39, 0.29) is 36.8 Å². The fraction of sp³-hybridized carbons (Fsp3) is 0.552. The fourth-order valence-corrected chi connectivity index (χ4v) is 6.97. The van der Waals surface area contributed by atoms with Crippen LogP contribution in [-0.4, -0.2) is 82.7 Å². The van der Waals surface area contributed by atoms with E-state index in [1.54, 1.807) is 46.0 Å². The molecule has 9 heteroatoms. The van der Waals surface area contributed by atoms with E-state index in [0.717, 1.165) is 0 Å². The molecule has 3 amide bonds. The summed E-state index contributed by atoms with van der Waals surface area (Å²) in [5.41, 5.74) is -1.72. The van der Waals surface area contributed by atoms with Gasteiger partial charge in [0, 0.05) is 30.8 Å². The van der Waals surface area contributed by atoms with Crippen LogP contribution in [0.1, 0.15) is 33.6 Å². The van der Waals surface area contributed by atoms with Crippen LogP contribution >= 0.6 is 11.6 Å². The zero-order valence-corrected chi connectivity index (χ0v) is 23.1. The van der Waals surface area contributed by atoms with Gasteiger partial charge in [-0.2, -0.15) is 0 Å². The Kier molecular flexibility index (Phi) is 6.95. The van der Waals surface area contributed by atoms with Gasteiger partial charge >= 0.3 is 0 Å². The van der Waals surface area contributed by atoms with Crippen molar-refractivity contribution in [1.82, 2.24) is 9.80 Å². The quantitative estimate of drug-likeness (QED) is 0.559. The topological polar surface area (TPSA) is 90.4 Å². The Morgan fingerprint density at radius 2 is 1.71 bits per heavy atom. The fourth-order valence-electron chi connectivity index (χ4n) is 6.85. The summed E-state index contributed by atoms with van der Waals surface area (Å²) in [6.07, 6.45) is 8.71. The summed E-state index contributed by atoms with van der Waals surface area (Å²) in [4.78, 5) is 47.7. The number of carbonyl (C=O) groups excluding carboxylic acids is 3. The third-order valence-electron chi connectivity index (χ3n) is 9.06. The molecule has 204 valence electrons. The lowest BCUT2D eigenvalue weighted by molar-refractivity contribution is -0.153. The molecule has 8 nitrogen and oxygen atoms in total. The third-order valence-corrected chi connectivity index (χ3v) is 9.31. The number of halogens is 1. The summed E-state index contributed by atoms with van der Waals surface area (Å²) in [6.45, 7) is 6.31. The van der Waals surface area contributed by atoms with Gasteiger partial charge in [0.15, 0.2) is 0 Å². The highest BCUT2D eigenvalue weighted by Gasteiger charge is 2.76. The number of amides is 3. The van der Waals surface area contributed by atoms with Crippen LogP contribution < -0.4 is 4.90 Å². The molecular formula is C29H36ClN3O5. The van der Waals surface area contributed by atoms with E-state index in [2.05, 4.69) is 0 Å². The molecule has 0 aliphatic carbocycles. The van der Waals surface area contributed by atoms with Crippen molar-refractivity contribution in [2.24, 2.45) is 17.8 Å². The van der Waals surface area contributed by atoms with Crippen LogP contribution in [0.4, 0.5) is 5.69 Å². The highest BCUT2D eigenvalue weighted by atomic mass is 35.5. The van der Waals surface area contributed by atoms with E-state index in [4.69, 9.17) is 16.3 Å². The summed E-state index contributed by atoms with van der Waals surface area (Å²) in [5, 5.41) is 11.1. The number of benzene rings is 1. The second-order valence-corrected chi connectivity index (χ2v) is 11.4. The van der Waals surface area contributed by atoms with E-state index in [0.29, 0.717) is 30.1 Å². The van der Waals surface area contributed by atoms with Gasteiger partial charge < -0.3 is 24.5 Å². The number of rotatable bonds is 6. The van der Waals surface area contributed by atoms with Gasteiger partial charge in [-0.25, -0.2) is 0 Å². The van der Waals surface area contributed by atoms with Crippen molar-refractivity contribution >= 4 is 35.0 Å². The van der Waals surface area contributed by atoms with E-state index in [1.807, 2.05) is 45.1 Å². The predicted molar refractivity (Wildman–Crippen MR) is 145 cm³/mol. The van der Waals surface area contributed by atoms with E-state index < -0.39 is 35.1 Å². The van der Waals surface area contributed by atoms with Gasteiger partial charge in [-0.05, 0) is 36.6 Å². The summed E-state index contributed by atoms with van der Waals surface area (Å²) in [6, 6.07) is 5.35. The zero-order chi connectivity index (χ0) is 27.4. The first-order valence-electron chi connectivity index (χ1n) is 13.5. The molecule has 0 radical (unpaired) electrons. The average molecular weight is 542 g/mol. The zero-order valence-electron chi connectivity index (χ0n) is 22.3. The van der Waals surface area contributed by atoms with Crippen molar-refractivity contribution in [3.8, 4) is 0 Å². The van der Waals surface area contributed by atoms with Crippen LogP contribution in [0, 0.1) is 17.8 Å². The number of aliphatic hydroxyl groups is 1. The second-order valence-electron chi connectivity index (χ2n) is 11.0. The lowest BCUT2D eigenvalue weighted by Gasteiger charge is -2.42. The maximum atomic E-state index is 14.5. The standard InChI is InChI=1S/C29H36ClN3O5/c1-5-18(3)21(17-34)33-24-27(37)32(20-11-9-19(30)10-12-20)16-8-14-29(24)23(26(33)36)22-25(35)31(4)15-7-13-28(22,6-2)38-29/h7-14,18,21-24,34H,5-6,15-17H2,1-4H3/t18-,21-,22+,23-,24?,28-,29-/m0/s1. The number of likely N-dealkylation sites (N-methyl/N-ethyl adjacent to an activating group) is 1. The molecule has 1 spiro atoms. The average Bonchev–Trinajstić information content (AvgIpc) is 3.21. The molecule has 0 saturated carbocycles. The van der Waals surface area contributed by atoms with Crippen LogP contribution in [0.2, 0.25) is 5.02 Å². The van der Waals surface area contributed by atoms with Crippen LogP contribution in [0.15, 0.2) is 48.6 Å². The molecule has 4 heterocycles. The first kappa shape index (κ1) is 26.9. The number of carbonyl (C=O) groups is 3. The minimum absolute atomic E-state index is 0.0767. The normalized spacial score (nSPS) is 34.1. The molecule has 0 bridgehead atoms. The van der Waals surface area contributed by atoms with Crippen molar-refractivity contribution < 1.29 is 24.2 Å². The molecule has 2 saturated heterocycles. The number of hydrogen-bond donors (Lipinski definition) is 1. The first-order valence-corrected chi connectivity index (χ1v) is 13.8. The Balaban J connectivity index is 1.71. The molecule has 1 aromatic carbocycles. The van der Waals surface area contributed by atoms with Crippen molar-refractivity contribution in [1.29, 1.82) is 0 Å². The Morgan fingerprint density at radius 3 is 2.34 bits per heavy atom. The van der Waals surface area contributed by atoms with Crippen molar-refractivity contribution in [3.05, 3.63) is 53.6 Å². The highest BCUT2D eigenvalue weighted by Crippen LogP contribution is 2.59. The maximum Gasteiger partial charge on any atom is 0.253 e. The van der Waals surface area contributed by atoms with Gasteiger partial charge in [0.1, 0.15) is 11.6 Å². The molecule has 4 aliphatic rings. The summed E-state index contributed by atoms with van der Waals surface area (Å²) in [7, 11) is 1.73. The number of aliphatic hydroxyl groups excluding tert-OH is 1. The molecule has 1 N–H and O–H groups in total. The van der Waals surface area contributed by atoms with Crippen LogP contribution in [0.25, 0.3) is 0 Å². The van der Waals surface area contributed by atoms with Gasteiger partial charge in [-0.1, -0.05) is 63.1 Å². The molecular weight excluding hydrogens is 506 g/mol. The lowest BCUT2D eigenvalue weighted by atomic mass is 9.73. The van der Waals surface area contributed by atoms with E-state index in [1.165, 1.54) is 0 Å². The van der Waals surface area contributed by atoms with Gasteiger partial charge in [-0.3, -0.25) is 14.4 Å².